The van der Waals surface area contributed by atoms with Crippen LogP contribution in [-0.4, -0.2) is 42.2 Å². The molecular formula is C20H23NO4. The second kappa shape index (κ2) is 8.14. The lowest BCUT2D eigenvalue weighted by atomic mass is 10.1. The molecule has 1 atom stereocenters. The Labute approximate surface area is 147 Å². The molecule has 0 amide bonds. The van der Waals surface area contributed by atoms with Crippen molar-refractivity contribution >= 4 is 5.97 Å². The summed E-state index contributed by atoms with van der Waals surface area (Å²) < 4.78 is 11.7. The number of ether oxygens (including phenoxy) is 2. The Morgan fingerprint density at radius 1 is 1.16 bits per heavy atom. The third kappa shape index (κ3) is 5.05. The van der Waals surface area contributed by atoms with Crippen molar-refractivity contribution in [2.24, 2.45) is 0 Å². The fourth-order valence-electron chi connectivity index (χ4n) is 2.85. The number of morpholine rings is 1. The second-order valence-corrected chi connectivity index (χ2v) is 6.29. The maximum absolute atomic E-state index is 10.7. The maximum Gasteiger partial charge on any atom is 0.304 e. The van der Waals surface area contributed by atoms with Crippen LogP contribution in [0.4, 0.5) is 0 Å². The summed E-state index contributed by atoms with van der Waals surface area (Å²) in [4.78, 5) is 12.9. The number of carbonyl (C=O) groups is 1. The molecule has 25 heavy (non-hydrogen) atoms. The van der Waals surface area contributed by atoms with Gasteiger partial charge in [-0.15, -0.1) is 0 Å². The fraction of sp³-hybridized carbons (Fsp3) is 0.350. The smallest absolute Gasteiger partial charge is 0.304 e. The summed E-state index contributed by atoms with van der Waals surface area (Å²) in [7, 11) is 0. The molecule has 1 aliphatic rings. The molecule has 2 aromatic carbocycles. The third-order valence-electron chi connectivity index (χ3n) is 4.30. The number of aryl methyl sites for hydroxylation is 1. The van der Waals surface area contributed by atoms with Gasteiger partial charge in [-0.05, 0) is 36.8 Å². The van der Waals surface area contributed by atoms with Gasteiger partial charge in [-0.3, -0.25) is 9.69 Å². The molecule has 1 heterocycles. The normalized spacial score (nSPS) is 18.0. The summed E-state index contributed by atoms with van der Waals surface area (Å²) in [6.45, 7) is 4.71. The molecule has 5 nitrogen and oxygen atoms in total. The summed E-state index contributed by atoms with van der Waals surface area (Å²) in [5.41, 5.74) is 2.28. The lowest BCUT2D eigenvalue weighted by molar-refractivity contribution is -0.137. The van der Waals surface area contributed by atoms with Crippen LogP contribution in [0.25, 0.3) is 0 Å². The molecule has 0 aromatic heterocycles. The average Bonchev–Trinajstić information content (AvgIpc) is 2.63. The summed E-state index contributed by atoms with van der Waals surface area (Å²) in [6, 6.07) is 15.8. The molecule has 1 aliphatic heterocycles. The van der Waals surface area contributed by atoms with Crippen molar-refractivity contribution in [1.29, 1.82) is 0 Å². The van der Waals surface area contributed by atoms with Crippen molar-refractivity contribution in [3.8, 4) is 11.5 Å². The SMILES string of the molecule is Cc1ccc(Oc2ccc(C3CN(CCC(=O)O)CCO3)cc2)cc1. The molecule has 0 aliphatic carbocycles. The Morgan fingerprint density at radius 3 is 2.44 bits per heavy atom. The number of rotatable bonds is 6. The first-order valence-electron chi connectivity index (χ1n) is 8.50. The molecule has 0 saturated carbocycles. The quantitative estimate of drug-likeness (QED) is 0.869. The van der Waals surface area contributed by atoms with Crippen LogP contribution in [0.2, 0.25) is 0 Å². The largest absolute Gasteiger partial charge is 0.481 e. The van der Waals surface area contributed by atoms with Gasteiger partial charge in [-0.2, -0.15) is 0 Å². The van der Waals surface area contributed by atoms with E-state index in [0.29, 0.717) is 19.7 Å². The Hall–Kier alpha value is -2.37. The first-order chi connectivity index (χ1) is 12.1. The van der Waals surface area contributed by atoms with E-state index in [1.54, 1.807) is 0 Å². The van der Waals surface area contributed by atoms with E-state index in [0.717, 1.165) is 23.6 Å². The molecule has 2 aromatic rings. The summed E-state index contributed by atoms with van der Waals surface area (Å²) in [5.74, 6) is 0.832. The lowest BCUT2D eigenvalue weighted by Crippen LogP contribution is -2.39. The van der Waals surface area contributed by atoms with Crippen molar-refractivity contribution in [2.75, 3.05) is 26.2 Å². The zero-order valence-electron chi connectivity index (χ0n) is 14.4. The highest BCUT2D eigenvalue weighted by molar-refractivity contribution is 5.66. The van der Waals surface area contributed by atoms with Crippen LogP contribution in [0.5, 0.6) is 11.5 Å². The van der Waals surface area contributed by atoms with Gasteiger partial charge in [0.1, 0.15) is 11.5 Å². The van der Waals surface area contributed by atoms with E-state index in [-0.39, 0.29) is 12.5 Å². The van der Waals surface area contributed by atoms with E-state index >= 15 is 0 Å². The molecule has 132 valence electrons. The predicted octanol–water partition coefficient (Wildman–Crippen LogP) is 3.64. The predicted molar refractivity (Wildman–Crippen MR) is 95.1 cm³/mol. The Bertz CT molecular complexity index is 697. The first kappa shape index (κ1) is 17.5. The zero-order chi connectivity index (χ0) is 17.6. The molecule has 5 heteroatoms. The van der Waals surface area contributed by atoms with Crippen molar-refractivity contribution in [2.45, 2.75) is 19.4 Å². The number of aliphatic carboxylic acids is 1. The number of hydrogen-bond donors (Lipinski definition) is 1. The third-order valence-corrected chi connectivity index (χ3v) is 4.30. The van der Waals surface area contributed by atoms with Crippen molar-refractivity contribution < 1.29 is 19.4 Å². The van der Waals surface area contributed by atoms with Gasteiger partial charge in [0.2, 0.25) is 0 Å². The van der Waals surface area contributed by atoms with Crippen LogP contribution in [0, 0.1) is 6.92 Å². The number of hydrogen-bond acceptors (Lipinski definition) is 4. The van der Waals surface area contributed by atoms with Crippen LogP contribution in [0.3, 0.4) is 0 Å². The van der Waals surface area contributed by atoms with Crippen LogP contribution >= 0.6 is 0 Å². The van der Waals surface area contributed by atoms with Crippen LogP contribution in [-0.2, 0) is 9.53 Å². The molecule has 1 saturated heterocycles. The molecule has 0 bridgehead atoms. The van der Waals surface area contributed by atoms with E-state index in [9.17, 15) is 4.79 Å². The van der Waals surface area contributed by atoms with E-state index in [1.807, 2.05) is 55.5 Å². The number of benzene rings is 2. The van der Waals surface area contributed by atoms with Crippen molar-refractivity contribution in [1.82, 2.24) is 4.90 Å². The van der Waals surface area contributed by atoms with Gasteiger partial charge in [-0.25, -0.2) is 0 Å². The van der Waals surface area contributed by atoms with Crippen LogP contribution in [0.1, 0.15) is 23.7 Å². The Morgan fingerprint density at radius 2 is 1.80 bits per heavy atom. The summed E-state index contributed by atoms with van der Waals surface area (Å²) >= 11 is 0. The van der Waals surface area contributed by atoms with Gasteiger partial charge >= 0.3 is 5.97 Å². The number of nitrogens with zero attached hydrogens (tertiary/aromatic N) is 1. The van der Waals surface area contributed by atoms with Crippen LogP contribution < -0.4 is 4.74 Å². The minimum absolute atomic E-state index is 0.0315. The maximum atomic E-state index is 10.7. The van der Waals surface area contributed by atoms with Gasteiger partial charge < -0.3 is 14.6 Å². The molecule has 1 fully saturated rings. The van der Waals surface area contributed by atoms with Crippen molar-refractivity contribution in [3.63, 3.8) is 0 Å². The fourth-order valence-corrected chi connectivity index (χ4v) is 2.85. The molecular weight excluding hydrogens is 318 g/mol. The van der Waals surface area contributed by atoms with E-state index in [1.165, 1.54) is 5.56 Å². The van der Waals surface area contributed by atoms with Gasteiger partial charge in [0.15, 0.2) is 0 Å². The zero-order valence-corrected chi connectivity index (χ0v) is 14.4. The monoisotopic (exact) mass is 341 g/mol. The molecule has 1 unspecified atom stereocenters. The van der Waals surface area contributed by atoms with Gasteiger partial charge in [0.05, 0.1) is 19.1 Å². The van der Waals surface area contributed by atoms with E-state index in [2.05, 4.69) is 4.90 Å². The topological polar surface area (TPSA) is 59.0 Å². The van der Waals surface area contributed by atoms with E-state index in [4.69, 9.17) is 14.6 Å². The van der Waals surface area contributed by atoms with Crippen molar-refractivity contribution in [3.05, 3.63) is 59.7 Å². The molecule has 1 N–H and O–H groups in total. The minimum Gasteiger partial charge on any atom is -0.481 e. The standard InChI is InChI=1S/C20H23NO4/c1-15-2-6-17(7-3-15)25-18-8-4-16(5-9-18)19-14-21(12-13-24-19)11-10-20(22)23/h2-9,19H,10-14H2,1H3,(H,22,23). The minimum atomic E-state index is -0.763. The van der Waals surface area contributed by atoms with Crippen LogP contribution in [0.15, 0.2) is 48.5 Å². The first-order valence-corrected chi connectivity index (χ1v) is 8.50. The average molecular weight is 341 g/mol. The molecule has 0 spiro atoms. The molecule has 0 radical (unpaired) electrons. The van der Waals surface area contributed by atoms with Gasteiger partial charge in [-0.1, -0.05) is 29.8 Å². The summed E-state index contributed by atoms with van der Waals surface area (Å²) in [5, 5.41) is 8.82. The Kier molecular flexibility index (Phi) is 5.68. The summed E-state index contributed by atoms with van der Waals surface area (Å²) in [6.07, 6.45) is 0.131. The highest BCUT2D eigenvalue weighted by Gasteiger charge is 2.22. The highest BCUT2D eigenvalue weighted by atomic mass is 16.5. The highest BCUT2D eigenvalue weighted by Crippen LogP contribution is 2.27. The number of carboxylic acid groups (broad SMARTS) is 1. The second-order valence-electron chi connectivity index (χ2n) is 6.29. The van der Waals surface area contributed by atoms with Gasteiger partial charge in [0, 0.05) is 19.6 Å². The van der Waals surface area contributed by atoms with Gasteiger partial charge in [0.25, 0.3) is 0 Å². The number of carboxylic acids is 1. The Balaban J connectivity index is 1.59. The molecule has 3 rings (SSSR count). The van der Waals surface area contributed by atoms with E-state index < -0.39 is 5.97 Å². The lowest BCUT2D eigenvalue weighted by Gasteiger charge is -2.32.